The second-order valence-corrected chi connectivity index (χ2v) is 5.29. The van der Waals surface area contributed by atoms with Crippen LogP contribution < -0.4 is 10.1 Å². The molecule has 4 nitrogen and oxygen atoms in total. The topological polar surface area (TPSA) is 58.6 Å². The van der Waals surface area contributed by atoms with Gasteiger partial charge in [-0.1, -0.05) is 32.0 Å². The molecule has 1 heterocycles. The van der Waals surface area contributed by atoms with Crippen LogP contribution in [0.4, 0.5) is 0 Å². The van der Waals surface area contributed by atoms with Crippen molar-refractivity contribution in [2.45, 2.75) is 38.8 Å². The normalized spacial score (nSPS) is 18.8. The third-order valence-electron chi connectivity index (χ3n) is 3.51. The number of hydrogen-bond acceptors (Lipinski definition) is 3. The van der Waals surface area contributed by atoms with Gasteiger partial charge in [-0.15, -0.1) is 0 Å². The molecular weight excluding hydrogens is 242 g/mol. The standard InChI is InChI=1S/C15H21NO3/c1-10(2)12(7-8-17)16-15(18)14-9-11-5-3-4-6-13(11)19-14/h3-6,10,12,14,17H,7-9H2,1-2H3,(H,16,18). The summed E-state index contributed by atoms with van der Waals surface area (Å²) in [6, 6.07) is 7.71. The van der Waals surface area contributed by atoms with Gasteiger partial charge < -0.3 is 15.2 Å². The van der Waals surface area contributed by atoms with Gasteiger partial charge in [-0.2, -0.15) is 0 Å². The van der Waals surface area contributed by atoms with Crippen LogP contribution in [0.25, 0.3) is 0 Å². The number of carbonyl (C=O) groups is 1. The maximum atomic E-state index is 12.2. The number of ether oxygens (including phenoxy) is 1. The quantitative estimate of drug-likeness (QED) is 0.846. The van der Waals surface area contributed by atoms with Crippen LogP contribution >= 0.6 is 0 Å². The lowest BCUT2D eigenvalue weighted by Gasteiger charge is -2.23. The Morgan fingerprint density at radius 2 is 2.21 bits per heavy atom. The van der Waals surface area contributed by atoms with Crippen LogP contribution in [-0.4, -0.2) is 29.8 Å². The minimum absolute atomic E-state index is 0.00943. The molecule has 0 aromatic heterocycles. The molecule has 104 valence electrons. The number of para-hydroxylation sites is 1. The Morgan fingerprint density at radius 3 is 2.84 bits per heavy atom. The van der Waals surface area contributed by atoms with Crippen molar-refractivity contribution in [3.63, 3.8) is 0 Å². The van der Waals surface area contributed by atoms with Crippen molar-refractivity contribution in [1.82, 2.24) is 5.32 Å². The molecule has 0 fully saturated rings. The highest BCUT2D eigenvalue weighted by atomic mass is 16.5. The minimum Gasteiger partial charge on any atom is -0.480 e. The summed E-state index contributed by atoms with van der Waals surface area (Å²) in [5.41, 5.74) is 1.07. The Morgan fingerprint density at radius 1 is 1.47 bits per heavy atom. The molecule has 4 heteroatoms. The van der Waals surface area contributed by atoms with Gasteiger partial charge in [0, 0.05) is 19.1 Å². The Labute approximate surface area is 113 Å². The summed E-state index contributed by atoms with van der Waals surface area (Å²) in [5.74, 6) is 0.995. The lowest BCUT2D eigenvalue weighted by Crippen LogP contribution is -2.45. The summed E-state index contributed by atoms with van der Waals surface area (Å²) in [7, 11) is 0. The maximum absolute atomic E-state index is 12.2. The zero-order valence-corrected chi connectivity index (χ0v) is 11.4. The van der Waals surface area contributed by atoms with E-state index in [-0.39, 0.29) is 18.6 Å². The molecule has 0 bridgehead atoms. The lowest BCUT2D eigenvalue weighted by atomic mass is 10.0. The molecule has 1 aliphatic heterocycles. The Bertz CT molecular complexity index is 420. The summed E-state index contributed by atoms with van der Waals surface area (Å²) < 4.78 is 5.65. The number of benzene rings is 1. The molecular formula is C15H21NO3. The monoisotopic (exact) mass is 263 g/mol. The molecule has 1 aliphatic rings. The molecule has 2 atom stereocenters. The fourth-order valence-electron chi connectivity index (χ4n) is 2.32. The van der Waals surface area contributed by atoms with E-state index in [2.05, 4.69) is 5.32 Å². The van der Waals surface area contributed by atoms with E-state index in [4.69, 9.17) is 9.84 Å². The zero-order chi connectivity index (χ0) is 13.8. The number of amides is 1. The van der Waals surface area contributed by atoms with E-state index < -0.39 is 6.10 Å². The van der Waals surface area contributed by atoms with Crippen molar-refractivity contribution in [2.75, 3.05) is 6.61 Å². The predicted molar refractivity (Wildman–Crippen MR) is 73.0 cm³/mol. The highest BCUT2D eigenvalue weighted by molar-refractivity contribution is 5.82. The third kappa shape index (κ3) is 3.26. The summed E-state index contributed by atoms with van der Waals surface area (Å²) in [4.78, 5) is 12.2. The number of hydrogen-bond donors (Lipinski definition) is 2. The summed E-state index contributed by atoms with van der Waals surface area (Å²) in [5, 5.41) is 12.0. The van der Waals surface area contributed by atoms with Crippen molar-refractivity contribution >= 4 is 5.91 Å². The van der Waals surface area contributed by atoms with E-state index >= 15 is 0 Å². The SMILES string of the molecule is CC(C)C(CCO)NC(=O)C1Cc2ccccc2O1. The minimum atomic E-state index is -0.447. The van der Waals surface area contributed by atoms with E-state index in [9.17, 15) is 4.79 Å². The van der Waals surface area contributed by atoms with Gasteiger partial charge in [0.25, 0.3) is 5.91 Å². The van der Waals surface area contributed by atoms with Crippen LogP contribution in [0.5, 0.6) is 5.75 Å². The fraction of sp³-hybridized carbons (Fsp3) is 0.533. The average molecular weight is 263 g/mol. The molecule has 0 aliphatic carbocycles. The Kier molecular flexibility index (Phi) is 4.43. The molecule has 2 unspecified atom stereocenters. The number of fused-ring (bicyclic) bond motifs is 1. The molecule has 1 aromatic rings. The maximum Gasteiger partial charge on any atom is 0.261 e. The average Bonchev–Trinajstić information content (AvgIpc) is 2.81. The highest BCUT2D eigenvalue weighted by Gasteiger charge is 2.30. The first kappa shape index (κ1) is 13.9. The summed E-state index contributed by atoms with van der Waals surface area (Å²) in [6.07, 6.45) is 0.743. The fourth-order valence-corrected chi connectivity index (χ4v) is 2.32. The van der Waals surface area contributed by atoms with E-state index in [1.54, 1.807) is 0 Å². The first-order chi connectivity index (χ1) is 9.11. The first-order valence-electron chi connectivity index (χ1n) is 6.77. The van der Waals surface area contributed by atoms with Gasteiger partial charge in [0.05, 0.1) is 0 Å². The molecule has 0 spiro atoms. The van der Waals surface area contributed by atoms with Crippen molar-refractivity contribution in [2.24, 2.45) is 5.92 Å². The van der Waals surface area contributed by atoms with Crippen LogP contribution in [0.15, 0.2) is 24.3 Å². The van der Waals surface area contributed by atoms with Crippen LogP contribution in [0, 0.1) is 5.92 Å². The first-order valence-corrected chi connectivity index (χ1v) is 6.77. The molecule has 1 aromatic carbocycles. The molecule has 0 saturated carbocycles. The number of aliphatic hydroxyl groups excluding tert-OH is 1. The van der Waals surface area contributed by atoms with Crippen molar-refractivity contribution in [1.29, 1.82) is 0 Å². The van der Waals surface area contributed by atoms with E-state index in [1.165, 1.54) is 0 Å². The zero-order valence-electron chi connectivity index (χ0n) is 11.4. The summed E-state index contributed by atoms with van der Waals surface area (Å²) in [6.45, 7) is 4.14. The van der Waals surface area contributed by atoms with Crippen LogP contribution in [0.2, 0.25) is 0 Å². The third-order valence-corrected chi connectivity index (χ3v) is 3.51. The number of nitrogens with one attached hydrogen (secondary N) is 1. The second-order valence-electron chi connectivity index (χ2n) is 5.29. The van der Waals surface area contributed by atoms with Gasteiger partial charge in [-0.05, 0) is 24.0 Å². The smallest absolute Gasteiger partial charge is 0.261 e. The van der Waals surface area contributed by atoms with E-state index in [0.29, 0.717) is 18.8 Å². The van der Waals surface area contributed by atoms with Crippen molar-refractivity contribution in [3.05, 3.63) is 29.8 Å². The van der Waals surface area contributed by atoms with Crippen LogP contribution in [-0.2, 0) is 11.2 Å². The second kappa shape index (κ2) is 6.06. The molecule has 2 rings (SSSR count). The highest BCUT2D eigenvalue weighted by Crippen LogP contribution is 2.28. The van der Waals surface area contributed by atoms with Crippen LogP contribution in [0.1, 0.15) is 25.8 Å². The van der Waals surface area contributed by atoms with Crippen LogP contribution in [0.3, 0.4) is 0 Å². The van der Waals surface area contributed by atoms with Gasteiger partial charge in [0.2, 0.25) is 0 Å². The molecule has 19 heavy (non-hydrogen) atoms. The Balaban J connectivity index is 1.95. The van der Waals surface area contributed by atoms with Gasteiger partial charge >= 0.3 is 0 Å². The van der Waals surface area contributed by atoms with E-state index in [0.717, 1.165) is 11.3 Å². The number of carbonyl (C=O) groups excluding carboxylic acids is 1. The molecule has 2 N–H and O–H groups in total. The van der Waals surface area contributed by atoms with Gasteiger partial charge in [0.15, 0.2) is 6.10 Å². The molecule has 0 radical (unpaired) electrons. The van der Waals surface area contributed by atoms with Crippen molar-refractivity contribution in [3.8, 4) is 5.75 Å². The van der Waals surface area contributed by atoms with Gasteiger partial charge in [0.1, 0.15) is 5.75 Å². The predicted octanol–water partition coefficient (Wildman–Crippen LogP) is 1.51. The van der Waals surface area contributed by atoms with Gasteiger partial charge in [-0.25, -0.2) is 0 Å². The number of aliphatic hydroxyl groups is 1. The lowest BCUT2D eigenvalue weighted by molar-refractivity contribution is -0.128. The molecule has 1 amide bonds. The molecule has 0 saturated heterocycles. The largest absolute Gasteiger partial charge is 0.480 e. The Hall–Kier alpha value is -1.55. The number of rotatable bonds is 5. The van der Waals surface area contributed by atoms with Crippen molar-refractivity contribution < 1.29 is 14.6 Å². The summed E-state index contributed by atoms with van der Waals surface area (Å²) >= 11 is 0. The van der Waals surface area contributed by atoms with E-state index in [1.807, 2.05) is 38.1 Å². The van der Waals surface area contributed by atoms with Gasteiger partial charge in [-0.3, -0.25) is 4.79 Å².